The normalized spacial score (nSPS) is 10.0. The van der Waals surface area contributed by atoms with Crippen LogP contribution in [0.15, 0.2) is 36.4 Å². The molecule has 120 valence electrons. The van der Waals surface area contributed by atoms with Crippen LogP contribution in [-0.4, -0.2) is 26.1 Å². The Morgan fingerprint density at radius 3 is 2.22 bits per heavy atom. The van der Waals surface area contributed by atoms with E-state index in [9.17, 15) is 14.7 Å². The highest BCUT2D eigenvalue weighted by molar-refractivity contribution is 6.32. The molecule has 23 heavy (non-hydrogen) atoms. The van der Waals surface area contributed by atoms with E-state index in [-0.39, 0.29) is 11.1 Å². The zero-order valence-electron chi connectivity index (χ0n) is 12.4. The third kappa shape index (κ3) is 3.54. The van der Waals surface area contributed by atoms with Crippen LogP contribution in [-0.2, 0) is 0 Å². The largest absolute Gasteiger partial charge is 0.545 e. The average molecular weight is 335 g/mol. The Morgan fingerprint density at radius 1 is 1.04 bits per heavy atom. The Morgan fingerprint density at radius 2 is 1.65 bits per heavy atom. The number of rotatable bonds is 5. The lowest BCUT2D eigenvalue weighted by Gasteiger charge is -2.14. The number of carbonyl (C=O) groups is 2. The Hall–Kier alpha value is -2.73. The van der Waals surface area contributed by atoms with Crippen molar-refractivity contribution in [3.05, 3.63) is 52.5 Å². The molecule has 2 aromatic carbocycles. The summed E-state index contributed by atoms with van der Waals surface area (Å²) in [5, 5.41) is 14.0. The lowest BCUT2D eigenvalue weighted by molar-refractivity contribution is -0.255. The Kier molecular flexibility index (Phi) is 5.08. The second kappa shape index (κ2) is 7.02. The van der Waals surface area contributed by atoms with Crippen molar-refractivity contribution in [3.8, 4) is 11.5 Å². The van der Waals surface area contributed by atoms with Gasteiger partial charge in [-0.1, -0.05) is 29.8 Å². The first-order valence-corrected chi connectivity index (χ1v) is 6.89. The van der Waals surface area contributed by atoms with Gasteiger partial charge in [0.05, 0.1) is 30.9 Å². The van der Waals surface area contributed by atoms with Crippen LogP contribution in [0.2, 0.25) is 5.02 Å². The number of anilines is 1. The summed E-state index contributed by atoms with van der Waals surface area (Å²) < 4.78 is 10.2. The molecule has 0 aliphatic carbocycles. The monoisotopic (exact) mass is 334 g/mol. The molecule has 0 saturated carbocycles. The molecule has 1 N–H and O–H groups in total. The van der Waals surface area contributed by atoms with E-state index in [4.69, 9.17) is 21.1 Å². The molecule has 0 aliphatic rings. The van der Waals surface area contributed by atoms with Gasteiger partial charge >= 0.3 is 0 Å². The molecule has 0 fully saturated rings. The van der Waals surface area contributed by atoms with Crippen molar-refractivity contribution in [2.75, 3.05) is 19.5 Å². The number of carbonyl (C=O) groups excluding carboxylic acids is 2. The first-order valence-electron chi connectivity index (χ1n) is 6.51. The van der Waals surface area contributed by atoms with Crippen molar-refractivity contribution in [1.29, 1.82) is 0 Å². The lowest BCUT2D eigenvalue weighted by Crippen LogP contribution is -2.26. The standard InChI is InChI=1S/C16H14ClNO5/c1-22-13-8-12(14(23-2)7-11(13)17)18-15(19)9-5-3-4-6-10(9)16(20)21/h3-8H,1-2H3,(H,18,19)(H,20,21)/p-1. The molecule has 0 spiro atoms. The summed E-state index contributed by atoms with van der Waals surface area (Å²) in [4.78, 5) is 23.5. The fourth-order valence-electron chi connectivity index (χ4n) is 2.01. The van der Waals surface area contributed by atoms with Gasteiger partial charge in [0.25, 0.3) is 5.91 Å². The van der Waals surface area contributed by atoms with E-state index in [1.54, 1.807) is 6.07 Å². The number of aromatic carboxylic acids is 1. The second-order valence-corrected chi connectivity index (χ2v) is 4.88. The van der Waals surface area contributed by atoms with E-state index >= 15 is 0 Å². The number of hydrogen-bond donors (Lipinski definition) is 1. The van der Waals surface area contributed by atoms with E-state index in [1.165, 1.54) is 44.6 Å². The number of nitrogens with one attached hydrogen (secondary N) is 1. The van der Waals surface area contributed by atoms with Crippen LogP contribution in [0.4, 0.5) is 5.69 Å². The van der Waals surface area contributed by atoms with Gasteiger partial charge in [0.2, 0.25) is 0 Å². The van der Waals surface area contributed by atoms with Crippen LogP contribution in [0.1, 0.15) is 20.7 Å². The maximum Gasteiger partial charge on any atom is 0.256 e. The van der Waals surface area contributed by atoms with Gasteiger partial charge in [-0.05, 0) is 6.07 Å². The van der Waals surface area contributed by atoms with Crippen LogP contribution in [0.3, 0.4) is 0 Å². The summed E-state index contributed by atoms with van der Waals surface area (Å²) in [7, 11) is 2.85. The van der Waals surface area contributed by atoms with E-state index in [0.717, 1.165) is 0 Å². The zero-order valence-corrected chi connectivity index (χ0v) is 13.1. The Balaban J connectivity index is 2.39. The molecule has 0 bridgehead atoms. The molecular weight excluding hydrogens is 322 g/mol. The number of benzene rings is 2. The van der Waals surface area contributed by atoms with Crippen molar-refractivity contribution in [3.63, 3.8) is 0 Å². The van der Waals surface area contributed by atoms with Crippen molar-refractivity contribution in [2.45, 2.75) is 0 Å². The smallest absolute Gasteiger partial charge is 0.256 e. The van der Waals surface area contributed by atoms with Crippen LogP contribution >= 0.6 is 11.6 Å². The average Bonchev–Trinajstić information content (AvgIpc) is 2.55. The minimum absolute atomic E-state index is 0.0246. The molecule has 2 rings (SSSR count). The molecule has 0 aromatic heterocycles. The van der Waals surface area contributed by atoms with Crippen LogP contribution in [0, 0.1) is 0 Å². The number of carboxylic acids is 1. The molecule has 0 unspecified atom stereocenters. The summed E-state index contributed by atoms with van der Waals surface area (Å²) in [5.74, 6) is -1.39. The van der Waals surface area contributed by atoms with Gasteiger partial charge in [0.15, 0.2) is 0 Å². The number of hydrogen-bond acceptors (Lipinski definition) is 5. The summed E-state index contributed by atoms with van der Waals surface area (Å²) in [5.41, 5.74) is 0.0697. The van der Waals surface area contributed by atoms with Gasteiger partial charge in [-0.15, -0.1) is 0 Å². The minimum atomic E-state index is -1.43. The molecular formula is C16H13ClNO5-. The molecule has 7 heteroatoms. The number of amides is 1. The highest BCUT2D eigenvalue weighted by Gasteiger charge is 2.16. The molecule has 6 nitrogen and oxygen atoms in total. The van der Waals surface area contributed by atoms with Gasteiger partial charge in [-0.25, -0.2) is 0 Å². The molecule has 0 saturated heterocycles. The number of carboxylic acid groups (broad SMARTS) is 1. The molecule has 0 heterocycles. The second-order valence-electron chi connectivity index (χ2n) is 4.47. The third-order valence-corrected chi connectivity index (χ3v) is 3.41. The van der Waals surface area contributed by atoms with Crippen LogP contribution in [0.5, 0.6) is 11.5 Å². The fourth-order valence-corrected chi connectivity index (χ4v) is 2.24. The zero-order chi connectivity index (χ0) is 17.0. The maximum atomic E-state index is 12.4. The predicted molar refractivity (Wildman–Crippen MR) is 83.3 cm³/mol. The van der Waals surface area contributed by atoms with E-state index in [1.807, 2.05) is 0 Å². The minimum Gasteiger partial charge on any atom is -0.545 e. The van der Waals surface area contributed by atoms with Crippen molar-refractivity contribution in [2.24, 2.45) is 0 Å². The topological polar surface area (TPSA) is 87.7 Å². The summed E-state index contributed by atoms with van der Waals surface area (Å²) >= 11 is 6.00. The summed E-state index contributed by atoms with van der Waals surface area (Å²) in [6.07, 6.45) is 0. The predicted octanol–water partition coefficient (Wildman–Crippen LogP) is 1.97. The fraction of sp³-hybridized carbons (Fsp3) is 0.125. The molecule has 1 amide bonds. The SMILES string of the molecule is COc1cc(NC(=O)c2ccccc2C(=O)[O-])c(OC)cc1Cl. The van der Waals surface area contributed by atoms with Gasteiger partial charge in [0.1, 0.15) is 11.5 Å². The van der Waals surface area contributed by atoms with Crippen LogP contribution in [0.25, 0.3) is 0 Å². The first kappa shape index (κ1) is 16.6. The van der Waals surface area contributed by atoms with E-state index in [2.05, 4.69) is 5.32 Å². The quantitative estimate of drug-likeness (QED) is 0.903. The van der Waals surface area contributed by atoms with Crippen molar-refractivity contribution < 1.29 is 24.2 Å². The van der Waals surface area contributed by atoms with Gasteiger partial charge in [0, 0.05) is 23.3 Å². The van der Waals surface area contributed by atoms with Crippen molar-refractivity contribution in [1.82, 2.24) is 0 Å². The Labute approximate surface area is 137 Å². The molecule has 0 atom stereocenters. The first-order chi connectivity index (χ1) is 11.0. The van der Waals surface area contributed by atoms with E-state index < -0.39 is 11.9 Å². The maximum absolute atomic E-state index is 12.4. The summed E-state index contributed by atoms with van der Waals surface area (Å²) in [6.45, 7) is 0. The lowest BCUT2D eigenvalue weighted by atomic mass is 10.1. The molecule has 2 aromatic rings. The van der Waals surface area contributed by atoms with Gasteiger partial charge in [-0.3, -0.25) is 4.79 Å². The van der Waals surface area contributed by atoms with Crippen molar-refractivity contribution >= 4 is 29.2 Å². The number of halogens is 1. The third-order valence-electron chi connectivity index (χ3n) is 3.11. The summed E-state index contributed by atoms with van der Waals surface area (Å²) in [6, 6.07) is 8.72. The highest BCUT2D eigenvalue weighted by Crippen LogP contribution is 2.36. The highest BCUT2D eigenvalue weighted by atomic mass is 35.5. The number of methoxy groups -OCH3 is 2. The van der Waals surface area contributed by atoms with E-state index in [0.29, 0.717) is 22.2 Å². The Bertz CT molecular complexity index is 760. The van der Waals surface area contributed by atoms with Gasteiger partial charge < -0.3 is 24.7 Å². The van der Waals surface area contributed by atoms with Crippen LogP contribution < -0.4 is 19.9 Å². The molecule has 0 radical (unpaired) electrons. The molecule has 0 aliphatic heterocycles. The number of ether oxygens (including phenoxy) is 2. The van der Waals surface area contributed by atoms with Gasteiger partial charge in [-0.2, -0.15) is 0 Å².